The summed E-state index contributed by atoms with van der Waals surface area (Å²) >= 11 is 0. The SMILES string of the molecule is CCCCCCCCCCCCCCCCCCCCCCCCC(=O)O[C@H](COC(=O)CCCCCCCCC)COP(=O)(O)OC[C@@H](O)COP(=O)(O)OC[C@@H](COC(=O)CCCCCCC)OC(=O)CCCCCCCCC. The van der Waals surface area contributed by atoms with E-state index < -0.39 is 97.5 Å². The van der Waals surface area contributed by atoms with E-state index in [0.717, 1.165) is 122 Å². The maximum Gasteiger partial charge on any atom is 0.472 e. The summed E-state index contributed by atoms with van der Waals surface area (Å²) in [5.41, 5.74) is 0. The molecule has 0 aromatic rings. The predicted molar refractivity (Wildman–Crippen MR) is 322 cm³/mol. The van der Waals surface area contributed by atoms with Gasteiger partial charge < -0.3 is 33.8 Å². The number of aliphatic hydroxyl groups excluding tert-OH is 1. The summed E-state index contributed by atoms with van der Waals surface area (Å²) in [6.45, 7) is 4.70. The first-order chi connectivity index (χ1) is 39.2. The molecule has 3 N–H and O–H groups in total. The monoisotopic (exact) mass is 1200 g/mol. The zero-order valence-electron chi connectivity index (χ0n) is 51.7. The van der Waals surface area contributed by atoms with Crippen LogP contribution in [0, 0.1) is 0 Å². The summed E-state index contributed by atoms with van der Waals surface area (Å²) in [7, 11) is -9.86. The van der Waals surface area contributed by atoms with Crippen molar-refractivity contribution in [3.05, 3.63) is 0 Å². The van der Waals surface area contributed by atoms with Crippen LogP contribution in [0.25, 0.3) is 0 Å². The highest BCUT2D eigenvalue weighted by atomic mass is 31.2. The molecule has 0 aromatic carbocycles. The quantitative estimate of drug-likeness (QED) is 0.0222. The Hall–Kier alpha value is -1.94. The minimum Gasteiger partial charge on any atom is -0.462 e. The Balaban J connectivity index is 4.95. The highest BCUT2D eigenvalue weighted by molar-refractivity contribution is 7.47. The summed E-state index contributed by atoms with van der Waals surface area (Å²) in [6.07, 6.45) is 42.7. The van der Waals surface area contributed by atoms with Gasteiger partial charge in [-0.25, -0.2) is 9.13 Å². The number of aliphatic hydroxyl groups is 1. The summed E-state index contributed by atoms with van der Waals surface area (Å²) in [5, 5.41) is 10.5. The number of phosphoric acid groups is 2. The van der Waals surface area contributed by atoms with E-state index in [9.17, 15) is 43.2 Å². The Bertz CT molecular complexity index is 1570. The Kier molecular flexibility index (Phi) is 55.8. The molecule has 0 rings (SSSR count). The van der Waals surface area contributed by atoms with Crippen LogP contribution in [0.3, 0.4) is 0 Å². The number of carbonyl (C=O) groups is 4. The van der Waals surface area contributed by atoms with Crippen LogP contribution < -0.4 is 0 Å². The van der Waals surface area contributed by atoms with Crippen LogP contribution in [0.2, 0.25) is 0 Å². The van der Waals surface area contributed by atoms with Gasteiger partial charge >= 0.3 is 39.5 Å². The van der Waals surface area contributed by atoms with Crippen molar-refractivity contribution >= 4 is 39.5 Å². The fourth-order valence-electron chi connectivity index (χ4n) is 9.28. The molecule has 81 heavy (non-hydrogen) atoms. The molecule has 0 heterocycles. The highest BCUT2D eigenvalue weighted by Crippen LogP contribution is 2.45. The second kappa shape index (κ2) is 57.2. The normalized spacial score (nSPS) is 14.2. The molecule has 17 nitrogen and oxygen atoms in total. The van der Waals surface area contributed by atoms with Gasteiger partial charge in [0.1, 0.15) is 19.3 Å². The van der Waals surface area contributed by atoms with E-state index in [-0.39, 0.29) is 25.7 Å². The molecule has 0 saturated heterocycles. The fourth-order valence-corrected chi connectivity index (χ4v) is 10.9. The fraction of sp³-hybridized carbons (Fsp3) is 0.935. The standard InChI is InChI=1S/C62H120O17P2/c1-5-9-13-17-20-21-22-23-24-25-26-27-28-29-30-31-32-33-34-37-41-45-49-62(67)79-58(53-73-60(65)47-43-39-35-18-14-10-6-2)55-77-81(70,71)75-51-56(63)50-74-80(68,69)76-54-57(52-72-59(64)46-42-38-16-12-8-4)78-61(66)48-44-40-36-19-15-11-7-3/h56-58,63H,5-55H2,1-4H3,(H,68,69)(H,70,71)/t56-,57+,58+/m0/s1. The average molecular weight is 1200 g/mol. The van der Waals surface area contributed by atoms with Crippen molar-refractivity contribution in [2.24, 2.45) is 0 Å². The van der Waals surface area contributed by atoms with Gasteiger partial charge in [0.2, 0.25) is 0 Å². The van der Waals surface area contributed by atoms with Gasteiger partial charge in [0.25, 0.3) is 0 Å². The van der Waals surface area contributed by atoms with Crippen molar-refractivity contribution < 1.29 is 80.2 Å². The Labute approximate surface area is 492 Å². The van der Waals surface area contributed by atoms with Crippen molar-refractivity contribution in [2.45, 2.75) is 335 Å². The van der Waals surface area contributed by atoms with E-state index in [1.807, 2.05) is 0 Å². The predicted octanol–water partition coefficient (Wildman–Crippen LogP) is 17.2. The Morgan fingerprint density at radius 2 is 0.494 bits per heavy atom. The summed E-state index contributed by atoms with van der Waals surface area (Å²) in [6, 6.07) is 0. The molecule has 0 aromatic heterocycles. The first-order valence-electron chi connectivity index (χ1n) is 32.8. The number of unbranched alkanes of at least 4 members (excludes halogenated alkanes) is 37. The van der Waals surface area contributed by atoms with Gasteiger partial charge in [0.05, 0.1) is 26.4 Å². The van der Waals surface area contributed by atoms with Crippen LogP contribution in [0.15, 0.2) is 0 Å². The molecule has 0 fully saturated rings. The van der Waals surface area contributed by atoms with Gasteiger partial charge in [-0.1, -0.05) is 265 Å². The van der Waals surface area contributed by atoms with E-state index in [4.69, 9.17) is 37.0 Å². The van der Waals surface area contributed by atoms with Crippen molar-refractivity contribution in [3.63, 3.8) is 0 Å². The minimum atomic E-state index is -4.93. The lowest BCUT2D eigenvalue weighted by atomic mass is 10.0. The molecular formula is C62H120O17P2. The Morgan fingerprint density at radius 1 is 0.296 bits per heavy atom. The molecule has 19 heteroatoms. The maximum absolute atomic E-state index is 12.9. The van der Waals surface area contributed by atoms with Crippen molar-refractivity contribution in [3.8, 4) is 0 Å². The molecule has 0 saturated carbocycles. The Morgan fingerprint density at radius 3 is 0.728 bits per heavy atom. The zero-order chi connectivity index (χ0) is 59.8. The molecule has 0 spiro atoms. The van der Waals surface area contributed by atoms with Crippen molar-refractivity contribution in [2.75, 3.05) is 39.6 Å². The van der Waals surface area contributed by atoms with Crippen molar-refractivity contribution in [1.29, 1.82) is 0 Å². The van der Waals surface area contributed by atoms with E-state index >= 15 is 0 Å². The van der Waals surface area contributed by atoms with Crippen LogP contribution in [0.5, 0.6) is 0 Å². The second-order valence-electron chi connectivity index (χ2n) is 22.4. The first-order valence-corrected chi connectivity index (χ1v) is 35.8. The second-order valence-corrected chi connectivity index (χ2v) is 25.4. The number of phosphoric ester groups is 2. The lowest BCUT2D eigenvalue weighted by molar-refractivity contribution is -0.161. The van der Waals surface area contributed by atoms with Gasteiger partial charge in [-0.05, 0) is 25.7 Å². The molecule has 0 aliphatic heterocycles. The highest BCUT2D eigenvalue weighted by Gasteiger charge is 2.30. The zero-order valence-corrected chi connectivity index (χ0v) is 53.5. The number of hydrogen-bond donors (Lipinski definition) is 3. The molecule has 0 aliphatic rings. The van der Waals surface area contributed by atoms with Crippen molar-refractivity contribution in [1.82, 2.24) is 0 Å². The van der Waals surface area contributed by atoms with E-state index in [1.54, 1.807) is 0 Å². The molecule has 2 unspecified atom stereocenters. The third-order valence-corrected chi connectivity index (χ3v) is 16.3. The molecular weight excluding hydrogens is 1080 g/mol. The van der Waals surface area contributed by atoms with Gasteiger partial charge in [-0.15, -0.1) is 0 Å². The average Bonchev–Trinajstić information content (AvgIpc) is 3.44. The van der Waals surface area contributed by atoms with Gasteiger partial charge in [0.15, 0.2) is 12.2 Å². The largest absolute Gasteiger partial charge is 0.472 e. The van der Waals surface area contributed by atoms with Crippen LogP contribution in [0.1, 0.15) is 317 Å². The summed E-state index contributed by atoms with van der Waals surface area (Å²) < 4.78 is 67.4. The molecule has 0 bridgehead atoms. The molecule has 0 aliphatic carbocycles. The number of ether oxygens (including phenoxy) is 4. The van der Waals surface area contributed by atoms with Crippen LogP contribution in [-0.2, 0) is 65.4 Å². The molecule has 0 radical (unpaired) electrons. The third kappa shape index (κ3) is 56.9. The molecule has 0 amide bonds. The van der Waals surface area contributed by atoms with Crippen LogP contribution in [-0.4, -0.2) is 96.7 Å². The first kappa shape index (κ1) is 79.1. The number of carbonyl (C=O) groups excluding carboxylic acids is 4. The topological polar surface area (TPSA) is 237 Å². The smallest absolute Gasteiger partial charge is 0.462 e. The number of esters is 4. The van der Waals surface area contributed by atoms with Crippen LogP contribution in [0.4, 0.5) is 0 Å². The van der Waals surface area contributed by atoms with E-state index in [2.05, 4.69) is 27.7 Å². The minimum absolute atomic E-state index is 0.103. The summed E-state index contributed by atoms with van der Waals surface area (Å²) in [5.74, 6) is -2.16. The van der Waals surface area contributed by atoms with Gasteiger partial charge in [-0.3, -0.25) is 37.3 Å². The number of hydrogen-bond acceptors (Lipinski definition) is 15. The van der Waals surface area contributed by atoms with Gasteiger partial charge in [0, 0.05) is 25.7 Å². The lowest BCUT2D eigenvalue weighted by Crippen LogP contribution is -2.30. The molecule has 480 valence electrons. The maximum atomic E-state index is 12.9. The molecule has 5 atom stereocenters. The lowest BCUT2D eigenvalue weighted by Gasteiger charge is -2.21. The summed E-state index contributed by atoms with van der Waals surface area (Å²) in [4.78, 5) is 71.5. The van der Waals surface area contributed by atoms with Crippen LogP contribution >= 0.6 is 15.6 Å². The van der Waals surface area contributed by atoms with E-state index in [1.165, 1.54) is 116 Å². The van der Waals surface area contributed by atoms with Gasteiger partial charge in [-0.2, -0.15) is 0 Å². The number of rotatable bonds is 63. The van der Waals surface area contributed by atoms with E-state index in [0.29, 0.717) is 25.7 Å². The third-order valence-electron chi connectivity index (χ3n) is 14.4.